The molecule has 4 nitrogen and oxygen atoms in total. The monoisotopic (exact) mass is 315 g/mol. The minimum absolute atomic E-state index is 0.00315. The number of benzene rings is 1. The van der Waals surface area contributed by atoms with Gasteiger partial charge in [0.1, 0.15) is 5.82 Å². The van der Waals surface area contributed by atoms with E-state index >= 15 is 0 Å². The van der Waals surface area contributed by atoms with Gasteiger partial charge in [-0.15, -0.1) is 0 Å². The number of hydrogen-bond donors (Lipinski definition) is 2. The molecule has 2 rings (SSSR count). The van der Waals surface area contributed by atoms with Crippen molar-refractivity contribution in [1.29, 1.82) is 0 Å². The molecule has 1 fully saturated rings. The molecule has 1 aromatic rings. The zero-order chi connectivity index (χ0) is 15.3. The average molecular weight is 315 g/mol. The molecule has 21 heavy (non-hydrogen) atoms. The normalized spacial score (nSPS) is 17.0. The number of nitrogens with one attached hydrogen (secondary N) is 1. The molecule has 118 valence electrons. The van der Waals surface area contributed by atoms with E-state index in [4.69, 9.17) is 5.11 Å². The van der Waals surface area contributed by atoms with Crippen molar-refractivity contribution in [3.63, 3.8) is 0 Å². The van der Waals surface area contributed by atoms with Crippen LogP contribution in [0, 0.1) is 11.7 Å². The summed E-state index contributed by atoms with van der Waals surface area (Å²) >= 11 is 0. The summed E-state index contributed by atoms with van der Waals surface area (Å²) < 4.78 is 40.1. The lowest BCUT2D eigenvalue weighted by Gasteiger charge is -2.21. The highest BCUT2D eigenvalue weighted by molar-refractivity contribution is 7.89. The number of hydrogen-bond acceptors (Lipinski definition) is 3. The van der Waals surface area contributed by atoms with Crippen LogP contribution in [0.2, 0.25) is 0 Å². The number of sulfonamides is 1. The Hall–Kier alpha value is -0.980. The van der Waals surface area contributed by atoms with Crippen LogP contribution in [0.15, 0.2) is 23.1 Å². The molecule has 0 heterocycles. The third-order valence-corrected chi connectivity index (χ3v) is 5.53. The molecule has 0 aliphatic heterocycles. The van der Waals surface area contributed by atoms with Gasteiger partial charge in [0.05, 0.1) is 11.5 Å². The van der Waals surface area contributed by atoms with Crippen molar-refractivity contribution in [1.82, 2.24) is 4.72 Å². The van der Waals surface area contributed by atoms with E-state index in [1.807, 2.05) is 0 Å². The highest BCUT2D eigenvalue weighted by Gasteiger charge is 2.18. The van der Waals surface area contributed by atoms with E-state index in [2.05, 4.69) is 4.72 Å². The number of rotatable bonds is 6. The summed E-state index contributed by atoms with van der Waals surface area (Å²) in [4.78, 5) is -0.00315. The van der Waals surface area contributed by atoms with Crippen LogP contribution in [0.1, 0.15) is 44.1 Å². The van der Waals surface area contributed by atoms with Crippen molar-refractivity contribution in [3.05, 3.63) is 29.6 Å². The highest BCUT2D eigenvalue weighted by atomic mass is 32.2. The maximum absolute atomic E-state index is 13.3. The molecule has 0 spiro atoms. The SMILES string of the molecule is O=S(=O)(NCCC1CCCCC1)c1ccc(F)c(CO)c1. The second-order valence-corrected chi connectivity index (χ2v) is 7.37. The predicted octanol–water partition coefficient (Wildman–Crippen LogP) is 2.57. The molecule has 0 unspecified atom stereocenters. The molecule has 0 saturated heterocycles. The topological polar surface area (TPSA) is 66.4 Å². The smallest absolute Gasteiger partial charge is 0.240 e. The lowest BCUT2D eigenvalue weighted by molar-refractivity contribution is 0.275. The van der Waals surface area contributed by atoms with E-state index < -0.39 is 22.4 Å². The Labute approximate surface area is 125 Å². The second-order valence-electron chi connectivity index (χ2n) is 5.60. The van der Waals surface area contributed by atoms with Crippen LogP contribution >= 0.6 is 0 Å². The lowest BCUT2D eigenvalue weighted by Crippen LogP contribution is -2.26. The van der Waals surface area contributed by atoms with Gasteiger partial charge in [0, 0.05) is 12.1 Å². The first-order valence-electron chi connectivity index (χ1n) is 7.42. The third-order valence-electron chi connectivity index (χ3n) is 4.07. The molecule has 2 N–H and O–H groups in total. The summed E-state index contributed by atoms with van der Waals surface area (Å²) in [6.07, 6.45) is 6.93. The predicted molar refractivity (Wildman–Crippen MR) is 78.7 cm³/mol. The van der Waals surface area contributed by atoms with E-state index in [0.29, 0.717) is 12.5 Å². The van der Waals surface area contributed by atoms with Gasteiger partial charge in [-0.1, -0.05) is 32.1 Å². The van der Waals surface area contributed by atoms with Crippen LogP contribution in [-0.4, -0.2) is 20.1 Å². The summed E-state index contributed by atoms with van der Waals surface area (Å²) in [5, 5.41) is 9.00. The van der Waals surface area contributed by atoms with Gasteiger partial charge in [0.15, 0.2) is 0 Å². The highest BCUT2D eigenvalue weighted by Crippen LogP contribution is 2.26. The molecule has 0 amide bonds. The summed E-state index contributed by atoms with van der Waals surface area (Å²) in [5.74, 6) is 0.00123. The first-order chi connectivity index (χ1) is 10.0. The zero-order valence-electron chi connectivity index (χ0n) is 12.0. The fraction of sp³-hybridized carbons (Fsp3) is 0.600. The maximum Gasteiger partial charge on any atom is 0.240 e. The third kappa shape index (κ3) is 4.49. The molecule has 0 radical (unpaired) electrons. The van der Waals surface area contributed by atoms with Crippen LogP contribution < -0.4 is 4.72 Å². The minimum Gasteiger partial charge on any atom is -0.392 e. The molecule has 0 aromatic heterocycles. The lowest BCUT2D eigenvalue weighted by atomic mass is 9.87. The fourth-order valence-corrected chi connectivity index (χ4v) is 3.89. The van der Waals surface area contributed by atoms with Crippen molar-refractivity contribution in [2.75, 3.05) is 6.54 Å². The molecule has 1 aliphatic rings. The molecule has 1 saturated carbocycles. The Morgan fingerprint density at radius 2 is 1.95 bits per heavy atom. The van der Waals surface area contributed by atoms with Gasteiger partial charge in [-0.05, 0) is 30.5 Å². The van der Waals surface area contributed by atoms with Crippen molar-refractivity contribution in [3.8, 4) is 0 Å². The van der Waals surface area contributed by atoms with E-state index in [9.17, 15) is 12.8 Å². The Morgan fingerprint density at radius 1 is 1.24 bits per heavy atom. The van der Waals surface area contributed by atoms with Gasteiger partial charge in [0.25, 0.3) is 0 Å². The summed E-state index contributed by atoms with van der Waals surface area (Å²) in [7, 11) is -3.64. The Morgan fingerprint density at radius 3 is 2.62 bits per heavy atom. The van der Waals surface area contributed by atoms with E-state index in [1.54, 1.807) is 0 Å². The van der Waals surface area contributed by atoms with Gasteiger partial charge in [0.2, 0.25) is 10.0 Å². The molecule has 0 bridgehead atoms. The van der Waals surface area contributed by atoms with Gasteiger partial charge in [-0.25, -0.2) is 17.5 Å². The number of aliphatic hydroxyl groups excluding tert-OH is 1. The van der Waals surface area contributed by atoms with Crippen LogP contribution in [0.4, 0.5) is 4.39 Å². The zero-order valence-corrected chi connectivity index (χ0v) is 12.8. The number of aliphatic hydroxyl groups is 1. The number of halogens is 1. The largest absolute Gasteiger partial charge is 0.392 e. The molecule has 0 atom stereocenters. The Balaban J connectivity index is 1.94. The molecule has 1 aromatic carbocycles. The van der Waals surface area contributed by atoms with E-state index in [-0.39, 0.29) is 10.5 Å². The van der Waals surface area contributed by atoms with E-state index in [1.165, 1.54) is 44.2 Å². The van der Waals surface area contributed by atoms with Crippen molar-refractivity contribution >= 4 is 10.0 Å². The van der Waals surface area contributed by atoms with Crippen molar-refractivity contribution in [2.45, 2.75) is 50.0 Å². The molecule has 6 heteroatoms. The van der Waals surface area contributed by atoms with Gasteiger partial charge in [-0.2, -0.15) is 0 Å². The van der Waals surface area contributed by atoms with E-state index in [0.717, 1.165) is 12.5 Å². The Kier molecular flexibility index (Phi) is 5.72. The van der Waals surface area contributed by atoms with Gasteiger partial charge >= 0.3 is 0 Å². The summed E-state index contributed by atoms with van der Waals surface area (Å²) in [5.41, 5.74) is -0.00912. The van der Waals surface area contributed by atoms with Crippen molar-refractivity contribution in [2.24, 2.45) is 5.92 Å². The first-order valence-corrected chi connectivity index (χ1v) is 8.90. The standard InChI is InChI=1S/C15H22FNO3S/c16-15-7-6-14(10-13(15)11-18)21(19,20)17-9-8-12-4-2-1-3-5-12/h6-7,10,12,17-18H,1-5,8-9,11H2. The van der Waals surface area contributed by atoms with Gasteiger partial charge < -0.3 is 5.11 Å². The quantitative estimate of drug-likeness (QED) is 0.848. The summed E-state index contributed by atoms with van der Waals surface area (Å²) in [6, 6.07) is 3.47. The maximum atomic E-state index is 13.3. The molecule has 1 aliphatic carbocycles. The molecular formula is C15H22FNO3S. The van der Waals surface area contributed by atoms with Gasteiger partial charge in [-0.3, -0.25) is 0 Å². The van der Waals surface area contributed by atoms with Crippen LogP contribution in [0.25, 0.3) is 0 Å². The van der Waals surface area contributed by atoms with Crippen LogP contribution in [-0.2, 0) is 16.6 Å². The Bertz CT molecular complexity index is 568. The summed E-state index contributed by atoms with van der Waals surface area (Å²) in [6.45, 7) is -0.115. The fourth-order valence-electron chi connectivity index (χ4n) is 2.80. The average Bonchev–Trinajstić information content (AvgIpc) is 2.48. The minimum atomic E-state index is -3.64. The first kappa shape index (κ1) is 16.4. The second kappa shape index (κ2) is 7.33. The van der Waals surface area contributed by atoms with Crippen LogP contribution in [0.3, 0.4) is 0 Å². The van der Waals surface area contributed by atoms with Crippen molar-refractivity contribution < 1.29 is 17.9 Å². The molecular weight excluding hydrogens is 293 g/mol. The van der Waals surface area contributed by atoms with Crippen LogP contribution in [0.5, 0.6) is 0 Å².